The van der Waals surface area contributed by atoms with Crippen LogP contribution in [0.1, 0.15) is 13.8 Å². The first kappa shape index (κ1) is 20.4. The zero-order valence-corrected chi connectivity index (χ0v) is 16.2. The third-order valence-electron chi connectivity index (χ3n) is 3.85. The van der Waals surface area contributed by atoms with Crippen LogP contribution in [0.2, 0.25) is 0 Å². The second-order valence-corrected chi connectivity index (χ2v) is 8.00. The van der Waals surface area contributed by atoms with Gasteiger partial charge in [0.05, 0.1) is 13.2 Å². The van der Waals surface area contributed by atoms with Crippen LogP contribution >= 0.6 is 24.0 Å². The number of benzene rings is 1. The van der Waals surface area contributed by atoms with Crippen LogP contribution in [0.15, 0.2) is 29.2 Å². The highest BCUT2D eigenvalue weighted by Gasteiger charge is 2.24. The van der Waals surface area contributed by atoms with Crippen LogP contribution in [0.25, 0.3) is 0 Å². The smallest absolute Gasteiger partial charge is 0.288 e. The van der Waals surface area contributed by atoms with Gasteiger partial charge in [0.2, 0.25) is 0 Å². The predicted molar refractivity (Wildman–Crippen MR) is 103 cm³/mol. The second kappa shape index (κ2) is 10.3. The molecule has 0 saturated carbocycles. The normalized spacial score (nSPS) is 20.7. The summed E-state index contributed by atoms with van der Waals surface area (Å²) < 4.78 is 30.4. The minimum Gasteiger partial charge on any atom is -0.365 e. The monoisotopic (exact) mass is 390 g/mol. The van der Waals surface area contributed by atoms with E-state index in [1.54, 1.807) is 29.2 Å². The molecule has 1 aromatic carbocycles. The van der Waals surface area contributed by atoms with Crippen molar-refractivity contribution in [2.45, 2.75) is 30.6 Å². The molecule has 4 nitrogen and oxygen atoms in total. The van der Waals surface area contributed by atoms with Crippen molar-refractivity contribution in [3.05, 3.63) is 24.3 Å². The van der Waals surface area contributed by atoms with E-state index in [1.165, 1.54) is 0 Å². The quantitative estimate of drug-likeness (QED) is 0.492. The molecule has 0 amide bonds. The summed E-state index contributed by atoms with van der Waals surface area (Å²) in [5.74, 6) is -1.73. The molecule has 0 bridgehead atoms. The molecular formula is C17H26F2N3OS2+. The molecule has 1 unspecified atom stereocenters. The molecule has 1 aliphatic rings. The lowest BCUT2D eigenvalue weighted by Crippen LogP contribution is -3.15. The van der Waals surface area contributed by atoms with Gasteiger partial charge in [0, 0.05) is 23.0 Å². The van der Waals surface area contributed by atoms with Crippen LogP contribution in [-0.4, -0.2) is 49.8 Å². The summed E-state index contributed by atoms with van der Waals surface area (Å²) in [5, 5.41) is 6.75. The van der Waals surface area contributed by atoms with Gasteiger partial charge in [-0.25, -0.2) is 0 Å². The molecule has 1 aliphatic heterocycles. The standard InChI is InChI=1S/C17H25F2N3OS2/c1-12(2)10-22-7-8-23-14(11-22)9-20-17(24)21-13-3-5-15(6-4-13)25-16(18)19/h3-6,12,14,16H,7-11H2,1-2H3,(H2,20,21,24)/p+1/t14-/m0/s1. The summed E-state index contributed by atoms with van der Waals surface area (Å²) >= 11 is 5.83. The lowest BCUT2D eigenvalue weighted by molar-refractivity contribution is -0.914. The van der Waals surface area contributed by atoms with Gasteiger partial charge in [-0.2, -0.15) is 8.78 Å². The fraction of sp³-hybridized carbons (Fsp3) is 0.588. The highest BCUT2D eigenvalue weighted by molar-refractivity contribution is 7.99. The highest BCUT2D eigenvalue weighted by Crippen LogP contribution is 2.26. The maximum absolute atomic E-state index is 12.3. The van der Waals surface area contributed by atoms with Crippen molar-refractivity contribution in [1.29, 1.82) is 0 Å². The van der Waals surface area contributed by atoms with E-state index in [1.807, 2.05) is 0 Å². The molecule has 3 N–H and O–H groups in total. The van der Waals surface area contributed by atoms with Gasteiger partial charge in [0.25, 0.3) is 5.76 Å². The predicted octanol–water partition coefficient (Wildman–Crippen LogP) is 2.23. The number of anilines is 1. The SMILES string of the molecule is CC(C)C[NH+]1CCO[C@@H](CNC(=S)Nc2ccc(SC(F)F)cc2)C1. The Hall–Kier alpha value is -0.960. The molecule has 0 spiro atoms. The van der Waals surface area contributed by atoms with Crippen LogP contribution < -0.4 is 15.5 Å². The largest absolute Gasteiger partial charge is 0.365 e. The minimum atomic E-state index is -2.41. The summed E-state index contributed by atoms with van der Waals surface area (Å²) in [4.78, 5) is 2.10. The Bertz CT molecular complexity index is 543. The number of halogens is 2. The Morgan fingerprint density at radius 1 is 1.36 bits per heavy atom. The molecule has 140 valence electrons. The maximum atomic E-state index is 12.3. The maximum Gasteiger partial charge on any atom is 0.288 e. The Labute approximate surface area is 157 Å². The Morgan fingerprint density at radius 2 is 2.08 bits per heavy atom. The fourth-order valence-electron chi connectivity index (χ4n) is 2.85. The van der Waals surface area contributed by atoms with E-state index in [9.17, 15) is 8.78 Å². The first-order valence-corrected chi connectivity index (χ1v) is 9.76. The van der Waals surface area contributed by atoms with E-state index in [4.69, 9.17) is 17.0 Å². The van der Waals surface area contributed by atoms with Crippen molar-refractivity contribution in [2.75, 3.05) is 38.1 Å². The van der Waals surface area contributed by atoms with Gasteiger partial charge in [0.15, 0.2) is 5.11 Å². The summed E-state index contributed by atoms with van der Waals surface area (Å²) in [6.45, 7) is 9.10. The van der Waals surface area contributed by atoms with Gasteiger partial charge >= 0.3 is 0 Å². The topological polar surface area (TPSA) is 37.7 Å². The summed E-state index contributed by atoms with van der Waals surface area (Å²) in [6.07, 6.45) is 0.145. The molecule has 0 radical (unpaired) electrons. The zero-order chi connectivity index (χ0) is 18.2. The molecule has 25 heavy (non-hydrogen) atoms. The number of hydrogen-bond donors (Lipinski definition) is 3. The number of thioether (sulfide) groups is 1. The number of alkyl halides is 2. The summed E-state index contributed by atoms with van der Waals surface area (Å²) in [5.41, 5.74) is 0.771. The summed E-state index contributed by atoms with van der Waals surface area (Å²) in [6, 6.07) is 6.78. The molecule has 0 aromatic heterocycles. The first-order valence-electron chi connectivity index (χ1n) is 8.47. The van der Waals surface area contributed by atoms with Crippen LogP contribution in [0.5, 0.6) is 0 Å². The Morgan fingerprint density at radius 3 is 2.72 bits per heavy atom. The lowest BCUT2D eigenvalue weighted by Gasteiger charge is -2.31. The molecule has 1 saturated heterocycles. The number of ether oxygens (including phenoxy) is 1. The van der Waals surface area contributed by atoms with Crippen molar-refractivity contribution in [3.63, 3.8) is 0 Å². The van der Waals surface area contributed by atoms with Crippen LogP contribution in [-0.2, 0) is 4.74 Å². The molecule has 8 heteroatoms. The molecular weight excluding hydrogens is 364 g/mol. The molecule has 0 aliphatic carbocycles. The first-order chi connectivity index (χ1) is 11.9. The molecule has 1 fully saturated rings. The number of rotatable bonds is 7. The minimum absolute atomic E-state index is 0.145. The van der Waals surface area contributed by atoms with E-state index in [0.29, 0.717) is 34.2 Å². The second-order valence-electron chi connectivity index (χ2n) is 6.53. The average Bonchev–Trinajstić information content (AvgIpc) is 2.54. The van der Waals surface area contributed by atoms with Crippen molar-refractivity contribution in [1.82, 2.24) is 5.32 Å². The van der Waals surface area contributed by atoms with E-state index < -0.39 is 5.76 Å². The third kappa shape index (κ3) is 7.85. The summed E-state index contributed by atoms with van der Waals surface area (Å²) in [7, 11) is 0. The third-order valence-corrected chi connectivity index (χ3v) is 4.82. The van der Waals surface area contributed by atoms with Gasteiger partial charge < -0.3 is 20.3 Å². The number of quaternary nitrogens is 1. The van der Waals surface area contributed by atoms with E-state index in [0.717, 1.165) is 31.9 Å². The van der Waals surface area contributed by atoms with E-state index in [-0.39, 0.29) is 6.10 Å². The van der Waals surface area contributed by atoms with Crippen LogP contribution in [0, 0.1) is 5.92 Å². The number of hydrogen-bond acceptors (Lipinski definition) is 3. The lowest BCUT2D eigenvalue weighted by atomic mass is 10.2. The average molecular weight is 391 g/mol. The van der Waals surface area contributed by atoms with Gasteiger partial charge in [-0.1, -0.05) is 25.6 Å². The fourth-order valence-corrected chi connectivity index (χ4v) is 3.55. The Kier molecular flexibility index (Phi) is 8.35. The van der Waals surface area contributed by atoms with Crippen molar-refractivity contribution >= 4 is 34.8 Å². The molecule has 1 aromatic rings. The van der Waals surface area contributed by atoms with Gasteiger partial charge in [-0.3, -0.25) is 0 Å². The molecule has 2 rings (SSSR count). The van der Waals surface area contributed by atoms with Crippen LogP contribution in [0.4, 0.5) is 14.5 Å². The Balaban J connectivity index is 1.73. The number of nitrogens with one attached hydrogen (secondary N) is 3. The van der Waals surface area contributed by atoms with Gasteiger partial charge in [-0.05, 0) is 36.5 Å². The van der Waals surface area contributed by atoms with Crippen molar-refractivity contribution in [3.8, 4) is 0 Å². The van der Waals surface area contributed by atoms with Crippen LogP contribution in [0.3, 0.4) is 0 Å². The highest BCUT2D eigenvalue weighted by atomic mass is 32.2. The number of morpholine rings is 1. The van der Waals surface area contributed by atoms with E-state index >= 15 is 0 Å². The van der Waals surface area contributed by atoms with E-state index in [2.05, 4.69) is 24.5 Å². The number of thiocarbonyl (C=S) groups is 1. The van der Waals surface area contributed by atoms with Gasteiger partial charge in [-0.15, -0.1) is 0 Å². The molecule has 1 heterocycles. The molecule has 2 atom stereocenters. The van der Waals surface area contributed by atoms with Crippen molar-refractivity contribution in [2.24, 2.45) is 5.92 Å². The van der Waals surface area contributed by atoms with Crippen molar-refractivity contribution < 1.29 is 18.4 Å². The van der Waals surface area contributed by atoms with Gasteiger partial charge in [0.1, 0.15) is 19.2 Å². The zero-order valence-electron chi connectivity index (χ0n) is 14.6.